The molecule has 0 unspecified atom stereocenters. The molecule has 0 heterocycles. The van der Waals surface area contributed by atoms with Crippen LogP contribution in [0.3, 0.4) is 0 Å². The predicted octanol–water partition coefficient (Wildman–Crippen LogP) is 2.09. The molecule has 0 radical (unpaired) electrons. The fourth-order valence-electron chi connectivity index (χ4n) is 0.674. The summed E-state index contributed by atoms with van der Waals surface area (Å²) in [6, 6.07) is 2.08. The van der Waals surface area contributed by atoms with Gasteiger partial charge in [-0.15, -0.1) is 0 Å². The van der Waals surface area contributed by atoms with E-state index >= 15 is 0 Å². The van der Waals surface area contributed by atoms with Crippen LogP contribution in [0.15, 0.2) is 0 Å². The lowest BCUT2D eigenvalue weighted by Crippen LogP contribution is -2.38. The van der Waals surface area contributed by atoms with Crippen LogP contribution in [0.5, 0.6) is 0 Å². The van der Waals surface area contributed by atoms with Gasteiger partial charge < -0.3 is 5.11 Å². The molecule has 2 nitrogen and oxygen atoms in total. The SMILES string of the molecule is CC(C)(O)C(C)(C)CCC#N. The summed E-state index contributed by atoms with van der Waals surface area (Å²) in [7, 11) is 0. The Labute approximate surface area is 68.8 Å². The van der Waals surface area contributed by atoms with Crippen molar-refractivity contribution in [2.45, 2.75) is 46.1 Å². The Morgan fingerprint density at radius 3 is 2.00 bits per heavy atom. The molecule has 0 amide bonds. The normalized spacial score (nSPS) is 12.7. The minimum Gasteiger partial charge on any atom is -0.390 e. The highest BCUT2D eigenvalue weighted by Crippen LogP contribution is 2.34. The van der Waals surface area contributed by atoms with Crippen molar-refractivity contribution in [2.75, 3.05) is 0 Å². The summed E-state index contributed by atoms with van der Waals surface area (Å²) in [5.41, 5.74) is -0.882. The van der Waals surface area contributed by atoms with E-state index in [0.717, 1.165) is 6.42 Å². The molecule has 0 spiro atoms. The second-order valence-corrected chi connectivity index (χ2v) is 4.10. The van der Waals surface area contributed by atoms with Gasteiger partial charge in [-0.25, -0.2) is 0 Å². The van der Waals surface area contributed by atoms with Gasteiger partial charge in [-0.3, -0.25) is 0 Å². The van der Waals surface area contributed by atoms with Crippen LogP contribution < -0.4 is 0 Å². The third kappa shape index (κ3) is 2.90. The van der Waals surface area contributed by atoms with Gasteiger partial charge in [0, 0.05) is 6.42 Å². The Morgan fingerprint density at radius 1 is 1.27 bits per heavy atom. The van der Waals surface area contributed by atoms with Gasteiger partial charge >= 0.3 is 0 Å². The molecular weight excluding hydrogens is 138 g/mol. The number of rotatable bonds is 3. The Hall–Kier alpha value is -0.550. The van der Waals surface area contributed by atoms with Gasteiger partial charge in [-0.05, 0) is 25.7 Å². The molecule has 0 aliphatic heterocycles. The maximum atomic E-state index is 9.66. The zero-order chi connectivity index (χ0) is 9.12. The second-order valence-electron chi connectivity index (χ2n) is 4.10. The van der Waals surface area contributed by atoms with Crippen LogP contribution in [0.4, 0.5) is 0 Å². The molecule has 2 heteroatoms. The summed E-state index contributed by atoms with van der Waals surface area (Å²) in [5.74, 6) is 0. The fraction of sp³-hybridized carbons (Fsp3) is 0.889. The molecule has 0 aromatic heterocycles. The van der Waals surface area contributed by atoms with Crippen LogP contribution in [0.1, 0.15) is 40.5 Å². The van der Waals surface area contributed by atoms with E-state index in [1.807, 2.05) is 13.8 Å². The van der Waals surface area contributed by atoms with Gasteiger partial charge in [0.2, 0.25) is 0 Å². The molecule has 0 rings (SSSR count). The van der Waals surface area contributed by atoms with Gasteiger partial charge in [0.25, 0.3) is 0 Å². The molecular formula is C9H17NO. The summed E-state index contributed by atoms with van der Waals surface area (Å²) < 4.78 is 0. The van der Waals surface area contributed by atoms with Crippen LogP contribution in [0.2, 0.25) is 0 Å². The molecule has 0 atom stereocenters. The summed E-state index contributed by atoms with van der Waals surface area (Å²) in [6.45, 7) is 7.52. The zero-order valence-corrected chi connectivity index (χ0v) is 7.81. The van der Waals surface area contributed by atoms with Crippen molar-refractivity contribution in [3.8, 4) is 6.07 Å². The molecule has 0 aromatic carbocycles. The Bertz CT molecular complexity index is 159. The van der Waals surface area contributed by atoms with Gasteiger partial charge in [0.15, 0.2) is 0 Å². The number of aliphatic hydroxyl groups is 1. The zero-order valence-electron chi connectivity index (χ0n) is 7.81. The number of nitriles is 1. The molecule has 11 heavy (non-hydrogen) atoms. The highest BCUT2D eigenvalue weighted by Gasteiger charge is 2.34. The highest BCUT2D eigenvalue weighted by atomic mass is 16.3. The van der Waals surface area contributed by atoms with Crippen molar-refractivity contribution in [1.29, 1.82) is 5.26 Å². The maximum Gasteiger partial charge on any atom is 0.0642 e. The van der Waals surface area contributed by atoms with Crippen LogP contribution in [0.25, 0.3) is 0 Å². The minimum atomic E-state index is -0.705. The summed E-state index contributed by atoms with van der Waals surface area (Å²) in [5, 5.41) is 18.0. The van der Waals surface area contributed by atoms with Crippen molar-refractivity contribution in [1.82, 2.24) is 0 Å². The number of nitrogens with zero attached hydrogens (tertiary/aromatic N) is 1. The quantitative estimate of drug-likeness (QED) is 0.678. The molecule has 64 valence electrons. The van der Waals surface area contributed by atoms with E-state index in [4.69, 9.17) is 5.26 Å². The molecule has 0 saturated heterocycles. The van der Waals surface area contributed by atoms with Crippen molar-refractivity contribution in [3.63, 3.8) is 0 Å². The molecule has 0 aliphatic carbocycles. The third-order valence-electron chi connectivity index (χ3n) is 2.52. The summed E-state index contributed by atoms with van der Waals surface area (Å²) >= 11 is 0. The first-order valence-electron chi connectivity index (χ1n) is 3.90. The van der Waals surface area contributed by atoms with Crippen molar-refractivity contribution in [3.05, 3.63) is 0 Å². The second kappa shape index (κ2) is 3.23. The first-order chi connectivity index (χ1) is 4.81. The molecule has 0 bridgehead atoms. The monoisotopic (exact) mass is 155 g/mol. The van der Waals surface area contributed by atoms with Crippen molar-refractivity contribution < 1.29 is 5.11 Å². The average molecular weight is 155 g/mol. The standard InChI is InChI=1S/C9H17NO/c1-8(2,6-5-7-10)9(3,4)11/h11H,5-6H2,1-4H3. The van der Waals surface area contributed by atoms with Gasteiger partial charge in [0.05, 0.1) is 11.7 Å². The predicted molar refractivity (Wildman–Crippen MR) is 44.9 cm³/mol. The van der Waals surface area contributed by atoms with E-state index in [9.17, 15) is 5.11 Å². The Morgan fingerprint density at radius 2 is 1.73 bits per heavy atom. The summed E-state index contributed by atoms with van der Waals surface area (Å²) in [4.78, 5) is 0. The topological polar surface area (TPSA) is 44.0 Å². The van der Waals surface area contributed by atoms with Gasteiger partial charge in [-0.1, -0.05) is 13.8 Å². The highest BCUT2D eigenvalue weighted by molar-refractivity contribution is 4.88. The number of hydrogen-bond donors (Lipinski definition) is 1. The van der Waals surface area contributed by atoms with E-state index in [1.54, 1.807) is 13.8 Å². The van der Waals surface area contributed by atoms with Gasteiger partial charge in [0.1, 0.15) is 0 Å². The third-order valence-corrected chi connectivity index (χ3v) is 2.52. The van der Waals surface area contributed by atoms with E-state index in [0.29, 0.717) is 6.42 Å². The van der Waals surface area contributed by atoms with Crippen LogP contribution in [0, 0.1) is 16.7 Å². The first-order valence-corrected chi connectivity index (χ1v) is 3.90. The average Bonchev–Trinajstić information content (AvgIpc) is 1.81. The lowest BCUT2D eigenvalue weighted by atomic mass is 9.74. The lowest BCUT2D eigenvalue weighted by molar-refractivity contribution is -0.0385. The van der Waals surface area contributed by atoms with Crippen LogP contribution in [-0.4, -0.2) is 10.7 Å². The number of hydrogen-bond acceptors (Lipinski definition) is 2. The Kier molecular flexibility index (Phi) is 3.07. The first kappa shape index (κ1) is 10.4. The van der Waals surface area contributed by atoms with Crippen LogP contribution in [-0.2, 0) is 0 Å². The van der Waals surface area contributed by atoms with Gasteiger partial charge in [-0.2, -0.15) is 5.26 Å². The van der Waals surface area contributed by atoms with Crippen molar-refractivity contribution in [2.24, 2.45) is 5.41 Å². The van der Waals surface area contributed by atoms with Crippen LogP contribution >= 0.6 is 0 Å². The van der Waals surface area contributed by atoms with Crippen molar-refractivity contribution >= 4 is 0 Å². The minimum absolute atomic E-state index is 0.178. The largest absolute Gasteiger partial charge is 0.390 e. The summed E-state index contributed by atoms with van der Waals surface area (Å²) in [6.07, 6.45) is 1.25. The molecule has 0 saturated carbocycles. The lowest BCUT2D eigenvalue weighted by Gasteiger charge is -2.36. The van der Waals surface area contributed by atoms with E-state index < -0.39 is 5.60 Å². The molecule has 0 aliphatic rings. The fourth-order valence-corrected chi connectivity index (χ4v) is 0.674. The van der Waals surface area contributed by atoms with E-state index in [1.165, 1.54) is 0 Å². The smallest absolute Gasteiger partial charge is 0.0642 e. The Balaban J connectivity index is 4.13. The molecule has 0 fully saturated rings. The molecule has 1 N–H and O–H groups in total. The van der Waals surface area contributed by atoms with E-state index in [2.05, 4.69) is 6.07 Å². The maximum absolute atomic E-state index is 9.66. The van der Waals surface area contributed by atoms with E-state index in [-0.39, 0.29) is 5.41 Å². The molecule has 0 aromatic rings.